The number of hydrogen-bond donors (Lipinski definition) is 2. The van der Waals surface area contributed by atoms with Gasteiger partial charge in [-0.25, -0.2) is 4.98 Å². The Morgan fingerprint density at radius 2 is 1.86 bits per heavy atom. The third kappa shape index (κ3) is 4.03. The van der Waals surface area contributed by atoms with E-state index in [0.29, 0.717) is 5.82 Å². The van der Waals surface area contributed by atoms with Crippen LogP contribution in [-0.4, -0.2) is 20.4 Å². The van der Waals surface area contributed by atoms with E-state index >= 15 is 0 Å². The number of benzene rings is 2. The summed E-state index contributed by atoms with van der Waals surface area (Å²) in [7, 11) is 1.70. The number of rotatable bonds is 6. The van der Waals surface area contributed by atoms with Gasteiger partial charge in [0.25, 0.3) is 5.91 Å². The van der Waals surface area contributed by atoms with Crippen molar-refractivity contribution in [1.82, 2.24) is 19.9 Å². The maximum Gasteiger partial charge on any atom is 0.272 e. The number of aromatic amines is 1. The number of fused-ring (bicyclic) bond motifs is 1. The molecule has 1 amide bonds. The summed E-state index contributed by atoms with van der Waals surface area (Å²) < 4.78 is 7.32. The fourth-order valence-corrected chi connectivity index (χ4v) is 3.08. The molecule has 7 heteroatoms. The molecule has 0 saturated carbocycles. The van der Waals surface area contributed by atoms with Crippen LogP contribution in [0.25, 0.3) is 11.0 Å². The molecule has 0 aliphatic carbocycles. The number of imidazole rings is 1. The number of amides is 1. The standard InChI is InChI=1S/C22H20N4O3/c1-26-12-11-18(27)21(29-14-15-7-3-2-4-8-15)20(26)22(28)23-13-19-24-16-9-5-6-10-17(16)25-19/h2-12H,13-14H2,1H3,(H,23,28)(H,24,25). The first-order valence-corrected chi connectivity index (χ1v) is 9.20. The van der Waals surface area contributed by atoms with Crippen LogP contribution in [0.15, 0.2) is 71.7 Å². The van der Waals surface area contributed by atoms with Crippen LogP contribution in [0.4, 0.5) is 0 Å². The minimum absolute atomic E-state index is 0.0287. The minimum Gasteiger partial charge on any atom is -0.483 e. The minimum atomic E-state index is -0.409. The Bertz CT molecular complexity index is 1180. The SMILES string of the molecule is Cn1ccc(=O)c(OCc2ccccc2)c1C(=O)NCc1nc2ccccc2[nH]1. The summed E-state index contributed by atoms with van der Waals surface area (Å²) in [5, 5.41) is 2.81. The topological polar surface area (TPSA) is 89.0 Å². The molecule has 29 heavy (non-hydrogen) atoms. The summed E-state index contributed by atoms with van der Waals surface area (Å²) in [6, 6.07) is 18.5. The van der Waals surface area contributed by atoms with Gasteiger partial charge in [0, 0.05) is 19.3 Å². The van der Waals surface area contributed by atoms with E-state index in [1.54, 1.807) is 17.8 Å². The van der Waals surface area contributed by atoms with E-state index in [9.17, 15) is 9.59 Å². The van der Waals surface area contributed by atoms with Gasteiger partial charge >= 0.3 is 0 Å². The van der Waals surface area contributed by atoms with Crippen molar-refractivity contribution in [3.8, 4) is 5.75 Å². The fraction of sp³-hybridized carbons (Fsp3) is 0.136. The van der Waals surface area contributed by atoms with Crippen LogP contribution in [-0.2, 0) is 20.2 Å². The highest BCUT2D eigenvalue weighted by Crippen LogP contribution is 2.15. The van der Waals surface area contributed by atoms with E-state index in [4.69, 9.17) is 4.74 Å². The van der Waals surface area contributed by atoms with Gasteiger partial charge in [0.1, 0.15) is 12.4 Å². The molecule has 2 heterocycles. The van der Waals surface area contributed by atoms with Gasteiger partial charge < -0.3 is 19.6 Å². The van der Waals surface area contributed by atoms with Crippen LogP contribution in [0.3, 0.4) is 0 Å². The van der Waals surface area contributed by atoms with Crippen molar-refractivity contribution < 1.29 is 9.53 Å². The molecule has 0 bridgehead atoms. The van der Waals surface area contributed by atoms with Crippen LogP contribution in [0, 0.1) is 0 Å². The van der Waals surface area contributed by atoms with Gasteiger partial charge in [-0.05, 0) is 17.7 Å². The van der Waals surface area contributed by atoms with Gasteiger partial charge in [-0.3, -0.25) is 9.59 Å². The molecule has 0 aliphatic rings. The lowest BCUT2D eigenvalue weighted by atomic mass is 10.2. The summed E-state index contributed by atoms with van der Waals surface area (Å²) in [5.41, 5.74) is 2.47. The van der Waals surface area contributed by atoms with Gasteiger partial charge in [-0.1, -0.05) is 42.5 Å². The molecule has 0 saturated heterocycles. The Morgan fingerprint density at radius 3 is 2.66 bits per heavy atom. The number of pyridine rings is 1. The predicted octanol–water partition coefficient (Wildman–Crippen LogP) is 2.77. The average molecular weight is 388 g/mol. The van der Waals surface area contributed by atoms with Crippen molar-refractivity contribution in [3.05, 3.63) is 94.2 Å². The third-order valence-electron chi connectivity index (χ3n) is 4.54. The number of hydrogen-bond acceptors (Lipinski definition) is 4. The van der Waals surface area contributed by atoms with E-state index in [0.717, 1.165) is 16.6 Å². The van der Waals surface area contributed by atoms with Crippen LogP contribution >= 0.6 is 0 Å². The molecule has 4 aromatic rings. The van der Waals surface area contributed by atoms with Gasteiger partial charge in [0.05, 0.1) is 17.6 Å². The van der Waals surface area contributed by atoms with Crippen molar-refractivity contribution in [1.29, 1.82) is 0 Å². The maximum atomic E-state index is 12.8. The largest absolute Gasteiger partial charge is 0.483 e. The first-order chi connectivity index (χ1) is 14.1. The summed E-state index contributed by atoms with van der Waals surface area (Å²) in [6.07, 6.45) is 1.55. The quantitative estimate of drug-likeness (QED) is 0.532. The lowest BCUT2D eigenvalue weighted by molar-refractivity contribution is 0.0935. The molecule has 2 aromatic carbocycles. The molecule has 2 aromatic heterocycles. The zero-order valence-electron chi connectivity index (χ0n) is 15.9. The predicted molar refractivity (Wildman–Crippen MR) is 110 cm³/mol. The van der Waals surface area contributed by atoms with Crippen LogP contribution < -0.4 is 15.5 Å². The van der Waals surface area contributed by atoms with Crippen molar-refractivity contribution in [2.45, 2.75) is 13.2 Å². The molecule has 7 nitrogen and oxygen atoms in total. The van der Waals surface area contributed by atoms with Gasteiger partial charge in [-0.2, -0.15) is 0 Å². The van der Waals surface area contributed by atoms with E-state index in [2.05, 4.69) is 15.3 Å². The smallest absolute Gasteiger partial charge is 0.272 e. The second-order valence-electron chi connectivity index (χ2n) is 6.63. The maximum absolute atomic E-state index is 12.8. The highest BCUT2D eigenvalue weighted by Gasteiger charge is 2.19. The van der Waals surface area contributed by atoms with Crippen molar-refractivity contribution >= 4 is 16.9 Å². The third-order valence-corrected chi connectivity index (χ3v) is 4.54. The lowest BCUT2D eigenvalue weighted by Gasteiger charge is -2.14. The number of carbonyl (C=O) groups excluding carboxylic acids is 1. The molecule has 0 fully saturated rings. The first kappa shape index (κ1) is 18.5. The Hall–Kier alpha value is -3.87. The Labute approximate surface area is 167 Å². The number of ether oxygens (including phenoxy) is 1. The van der Waals surface area contributed by atoms with Crippen LogP contribution in [0.2, 0.25) is 0 Å². The van der Waals surface area contributed by atoms with E-state index in [1.807, 2.05) is 54.6 Å². The lowest BCUT2D eigenvalue weighted by Crippen LogP contribution is -2.29. The second kappa shape index (κ2) is 8.02. The number of carbonyl (C=O) groups is 1. The van der Waals surface area contributed by atoms with Crippen LogP contribution in [0.1, 0.15) is 21.9 Å². The Balaban J connectivity index is 1.53. The number of aryl methyl sites for hydroxylation is 1. The summed E-state index contributed by atoms with van der Waals surface area (Å²) in [4.78, 5) is 32.8. The molecule has 0 spiro atoms. The summed E-state index contributed by atoms with van der Waals surface area (Å²) in [5.74, 6) is 0.252. The average Bonchev–Trinajstić information content (AvgIpc) is 3.16. The Kier molecular flexibility index (Phi) is 5.11. The molecule has 0 atom stereocenters. The summed E-state index contributed by atoms with van der Waals surface area (Å²) >= 11 is 0. The fourth-order valence-electron chi connectivity index (χ4n) is 3.08. The number of H-pyrrole nitrogens is 1. The van der Waals surface area contributed by atoms with E-state index in [1.165, 1.54) is 6.07 Å². The monoisotopic (exact) mass is 388 g/mol. The molecular formula is C22H20N4O3. The Morgan fingerprint density at radius 1 is 1.10 bits per heavy atom. The molecule has 0 radical (unpaired) electrons. The van der Waals surface area contributed by atoms with Gasteiger partial charge in [0.15, 0.2) is 11.4 Å². The van der Waals surface area contributed by atoms with Gasteiger partial charge in [0.2, 0.25) is 5.43 Å². The number of para-hydroxylation sites is 2. The zero-order chi connectivity index (χ0) is 20.2. The molecule has 2 N–H and O–H groups in total. The molecular weight excluding hydrogens is 368 g/mol. The molecule has 0 unspecified atom stereocenters. The molecule has 4 rings (SSSR count). The summed E-state index contributed by atoms with van der Waals surface area (Å²) in [6.45, 7) is 0.401. The van der Waals surface area contributed by atoms with Crippen LogP contribution in [0.5, 0.6) is 5.75 Å². The van der Waals surface area contributed by atoms with Crippen molar-refractivity contribution in [3.63, 3.8) is 0 Å². The van der Waals surface area contributed by atoms with E-state index < -0.39 is 5.91 Å². The molecule has 0 aliphatic heterocycles. The molecule has 146 valence electrons. The number of aromatic nitrogens is 3. The van der Waals surface area contributed by atoms with Crippen molar-refractivity contribution in [2.75, 3.05) is 0 Å². The zero-order valence-corrected chi connectivity index (χ0v) is 15.9. The highest BCUT2D eigenvalue weighted by atomic mass is 16.5. The first-order valence-electron chi connectivity index (χ1n) is 9.20. The highest BCUT2D eigenvalue weighted by molar-refractivity contribution is 5.95. The second-order valence-corrected chi connectivity index (χ2v) is 6.63. The normalized spacial score (nSPS) is 10.8. The van der Waals surface area contributed by atoms with E-state index in [-0.39, 0.29) is 30.0 Å². The number of nitrogens with one attached hydrogen (secondary N) is 2. The van der Waals surface area contributed by atoms with Gasteiger partial charge in [-0.15, -0.1) is 0 Å². The number of nitrogens with zero attached hydrogens (tertiary/aromatic N) is 2. The van der Waals surface area contributed by atoms with Crippen molar-refractivity contribution in [2.24, 2.45) is 7.05 Å².